The lowest BCUT2D eigenvalue weighted by atomic mass is 9.97. The van der Waals surface area contributed by atoms with Crippen molar-refractivity contribution in [1.82, 2.24) is 15.0 Å². The number of thiophene rings is 2. The van der Waals surface area contributed by atoms with E-state index in [1.54, 1.807) is 0 Å². The fourth-order valence-corrected chi connectivity index (χ4v) is 23.0. The molecule has 0 fully saturated rings. The van der Waals surface area contributed by atoms with Crippen molar-refractivity contribution < 1.29 is 13.9 Å². The van der Waals surface area contributed by atoms with Crippen LogP contribution in [0, 0.1) is 0 Å². The number of benzene rings is 19. The second-order valence-electron chi connectivity index (χ2n) is 32.7. The Balaban J connectivity index is 0.000000102. The Hall–Kier alpha value is -16.2. The van der Waals surface area contributed by atoms with E-state index in [9.17, 15) is 0 Å². The number of hydrogen-bond acceptors (Lipinski definition) is 12. The van der Waals surface area contributed by atoms with Crippen LogP contribution in [0.25, 0.3) is 172 Å². The zero-order valence-corrected chi connectivity index (χ0v) is 71.5. The average molecular weight is 1700 g/mol. The summed E-state index contributed by atoms with van der Waals surface area (Å²) < 4.78 is 24.3. The minimum atomic E-state index is 0.819. The first-order chi connectivity index (χ1) is 64.0. The molecule has 0 N–H and O–H groups in total. The Morgan fingerprint density at radius 2 is 0.651 bits per heavy atom. The number of pyridine rings is 3. The summed E-state index contributed by atoms with van der Waals surface area (Å²) in [5.41, 5.74) is 19.8. The SMILES string of the molecule is c1ccc(-c2cc(N3c4ccccc4Oc4ccccc43)nc3c2ccc2sc4c5ccccc5ccc4c23)cc1.c1ccc(-c2cc(N3c4ccccc4Sc4ccccc43)nc3c2ccc2oc4c5ccccc5ccc4c23)cc1.c1ccc(-c2nc(-c3ccc(N4c5ccccc5Oc5ccccc54)cc3)cc3c2ccc2sc4c5ccccc5ccc4c23)cc1. The molecule has 3 aliphatic heterocycles. The van der Waals surface area contributed by atoms with Crippen molar-refractivity contribution in [2.24, 2.45) is 0 Å². The molecule has 6 aromatic heterocycles. The van der Waals surface area contributed by atoms with Crippen LogP contribution in [0.5, 0.6) is 23.0 Å². The van der Waals surface area contributed by atoms with Crippen LogP contribution >= 0.6 is 34.4 Å². The van der Waals surface area contributed by atoms with Gasteiger partial charge < -0.3 is 18.8 Å². The molecule has 0 unspecified atom stereocenters. The number of para-hydroxylation sites is 10. The number of rotatable bonds is 7. The van der Waals surface area contributed by atoms with Gasteiger partial charge in [0.25, 0.3) is 0 Å². The van der Waals surface area contributed by atoms with E-state index >= 15 is 0 Å². The van der Waals surface area contributed by atoms with Gasteiger partial charge in [-0.3, -0.25) is 9.80 Å². The highest BCUT2D eigenvalue weighted by Crippen LogP contribution is 2.57. The van der Waals surface area contributed by atoms with Gasteiger partial charge in [0, 0.05) is 93.9 Å². The summed E-state index contributed by atoms with van der Waals surface area (Å²) in [7, 11) is 0. The van der Waals surface area contributed by atoms with E-state index in [1.165, 1.54) is 93.4 Å². The van der Waals surface area contributed by atoms with Crippen LogP contribution in [-0.2, 0) is 0 Å². The normalized spacial score (nSPS) is 12.5. The molecular formula is C117H70N6O3S3. The first kappa shape index (κ1) is 74.2. The Morgan fingerprint density at radius 1 is 0.248 bits per heavy atom. The fraction of sp³-hybridized carbons (Fsp3) is 0. The van der Waals surface area contributed by atoms with Gasteiger partial charge in [-0.25, -0.2) is 15.0 Å². The molecule has 0 atom stereocenters. The average Bonchev–Trinajstić information content (AvgIpc) is 1.69. The summed E-state index contributed by atoms with van der Waals surface area (Å²) in [4.78, 5) is 25.6. The topological polar surface area (TPSA) is 80.0 Å². The molecule has 0 amide bonds. The highest BCUT2D eigenvalue weighted by molar-refractivity contribution is 7.99. The summed E-state index contributed by atoms with van der Waals surface area (Å²) in [6.45, 7) is 0. The summed E-state index contributed by atoms with van der Waals surface area (Å²) in [6, 6.07) is 150. The maximum atomic E-state index is 6.56. The Bertz CT molecular complexity index is 8440. The van der Waals surface area contributed by atoms with E-state index in [0.717, 1.165) is 163 Å². The molecule has 0 aliphatic carbocycles. The van der Waals surface area contributed by atoms with Gasteiger partial charge in [-0.1, -0.05) is 303 Å². The van der Waals surface area contributed by atoms with Crippen molar-refractivity contribution in [2.45, 2.75) is 9.79 Å². The molecule has 9 heterocycles. The molecule has 19 aromatic carbocycles. The molecular weight excluding hydrogens is 1630 g/mol. The maximum absolute atomic E-state index is 6.56. The van der Waals surface area contributed by atoms with E-state index < -0.39 is 0 Å². The third-order valence-corrected chi connectivity index (χ3v) is 28.8. The molecule has 0 bridgehead atoms. The second-order valence-corrected chi connectivity index (χ2v) is 35.9. The van der Waals surface area contributed by atoms with Crippen LogP contribution in [0.2, 0.25) is 0 Å². The van der Waals surface area contributed by atoms with Crippen LogP contribution in [0.1, 0.15) is 0 Å². The predicted octanol–water partition coefficient (Wildman–Crippen LogP) is 34.6. The Morgan fingerprint density at radius 3 is 1.19 bits per heavy atom. The molecule has 25 aromatic rings. The molecule has 0 spiro atoms. The minimum absolute atomic E-state index is 0.819. The summed E-state index contributed by atoms with van der Waals surface area (Å²) >= 11 is 5.54. The zero-order valence-electron chi connectivity index (χ0n) is 69.0. The number of furan rings is 1. The molecule has 0 saturated carbocycles. The van der Waals surface area contributed by atoms with Crippen LogP contribution in [-0.4, -0.2) is 15.0 Å². The zero-order chi connectivity index (χ0) is 84.7. The molecule has 0 radical (unpaired) electrons. The van der Waals surface area contributed by atoms with E-state index in [4.69, 9.17) is 28.8 Å². The van der Waals surface area contributed by atoms with Crippen molar-refractivity contribution >= 4 is 213 Å². The van der Waals surface area contributed by atoms with Crippen LogP contribution in [0.3, 0.4) is 0 Å². The van der Waals surface area contributed by atoms with Gasteiger partial charge in [0.1, 0.15) is 22.8 Å². The first-order valence-corrected chi connectivity index (χ1v) is 45.7. The summed E-state index contributed by atoms with van der Waals surface area (Å²) in [5, 5.41) is 19.3. The van der Waals surface area contributed by atoms with Crippen molar-refractivity contribution in [3.05, 3.63) is 425 Å². The molecule has 3 aliphatic rings. The quantitative estimate of drug-likeness (QED) is 0.154. The summed E-state index contributed by atoms with van der Waals surface area (Å²) in [5.74, 6) is 5.09. The van der Waals surface area contributed by atoms with Gasteiger partial charge in [-0.15, -0.1) is 22.7 Å². The van der Waals surface area contributed by atoms with Crippen molar-refractivity contribution in [3.63, 3.8) is 0 Å². The van der Waals surface area contributed by atoms with Crippen molar-refractivity contribution in [2.75, 3.05) is 14.7 Å². The van der Waals surface area contributed by atoms with Crippen LogP contribution in [0.15, 0.2) is 439 Å². The third kappa shape index (κ3) is 12.3. The largest absolute Gasteiger partial charge is 0.455 e. The van der Waals surface area contributed by atoms with Gasteiger partial charge >= 0.3 is 0 Å². The smallest absolute Gasteiger partial charge is 0.151 e. The predicted molar refractivity (Wildman–Crippen MR) is 541 cm³/mol. The first-order valence-electron chi connectivity index (χ1n) is 43.2. The lowest BCUT2D eigenvalue weighted by Gasteiger charge is -2.32. The fourth-order valence-electron chi connectivity index (χ4n) is 19.4. The molecule has 604 valence electrons. The standard InChI is InChI=1S/C43H26N2OS.2C37H22N2OS/c1-2-11-29(12-3-1)42-32-24-25-40-41(33-23-20-27-10-4-5-13-31(27)43(33)47-40)34(32)26-35(44-42)28-18-21-30(22-19-28)45-36-14-6-8-16-38(36)46-39-17-9-7-15-37(39)45;1-2-10-23(11-3-1)28-22-34(39-29-14-6-8-16-32(29)41-33-17-9-7-15-30(33)39)38-36-26(28)20-21-31-35(36)27-19-18-24-12-4-5-13-25(24)37(27)40-31;1-2-10-23(11-3-1)28-22-34(39-29-14-6-8-16-31(29)40-32-17-9-7-15-30(32)39)38-36-26(28)20-21-33-35(36)27-19-18-24-12-4-5-13-25(24)37(27)41-33/h1-26H;2*1-22H. The number of hydrogen-bond donors (Lipinski definition) is 0. The van der Waals surface area contributed by atoms with Gasteiger partial charge in [0.15, 0.2) is 23.0 Å². The Kier molecular flexibility index (Phi) is 17.4. The van der Waals surface area contributed by atoms with E-state index in [0.29, 0.717) is 0 Å². The molecule has 9 nitrogen and oxygen atoms in total. The van der Waals surface area contributed by atoms with Gasteiger partial charge in [-0.2, -0.15) is 0 Å². The number of fused-ring (bicyclic) bond motifs is 27. The highest BCUT2D eigenvalue weighted by atomic mass is 32.2. The number of nitrogens with zero attached hydrogens (tertiary/aromatic N) is 6. The third-order valence-electron chi connectivity index (χ3n) is 25.3. The van der Waals surface area contributed by atoms with Gasteiger partial charge in [-0.05, 0) is 188 Å². The number of anilines is 9. The van der Waals surface area contributed by atoms with Crippen LogP contribution in [0.4, 0.5) is 51.4 Å². The van der Waals surface area contributed by atoms with E-state index in [1.807, 2.05) is 83.0 Å². The van der Waals surface area contributed by atoms with Gasteiger partial charge in [0.05, 0.1) is 61.9 Å². The maximum Gasteiger partial charge on any atom is 0.151 e. The van der Waals surface area contributed by atoms with E-state index in [-0.39, 0.29) is 0 Å². The summed E-state index contributed by atoms with van der Waals surface area (Å²) in [6.07, 6.45) is 0. The number of aromatic nitrogens is 3. The van der Waals surface area contributed by atoms with Crippen molar-refractivity contribution in [1.29, 1.82) is 0 Å². The lowest BCUT2D eigenvalue weighted by Crippen LogP contribution is -2.17. The Labute approximate surface area is 753 Å². The molecule has 0 saturated heterocycles. The minimum Gasteiger partial charge on any atom is -0.455 e. The number of ether oxygens (including phenoxy) is 2. The van der Waals surface area contributed by atoms with Crippen molar-refractivity contribution in [3.8, 4) is 67.8 Å². The molecule has 129 heavy (non-hydrogen) atoms. The molecule has 28 rings (SSSR count). The monoisotopic (exact) mass is 1700 g/mol. The van der Waals surface area contributed by atoms with Crippen LogP contribution < -0.4 is 24.2 Å². The molecule has 12 heteroatoms. The highest BCUT2D eigenvalue weighted by Gasteiger charge is 2.32. The van der Waals surface area contributed by atoms with E-state index in [2.05, 4.69) is 391 Å². The second kappa shape index (κ2) is 30.3. The van der Waals surface area contributed by atoms with Gasteiger partial charge in [0.2, 0.25) is 0 Å². The lowest BCUT2D eigenvalue weighted by molar-refractivity contribution is 0.476.